The first kappa shape index (κ1) is 18.4. The first-order valence-corrected chi connectivity index (χ1v) is 8.93. The molecule has 0 aliphatic carbocycles. The summed E-state index contributed by atoms with van der Waals surface area (Å²) in [5.74, 6) is 0.540. The SMILES string of the molecule is CC(C(=O)Nc1ncc(Cc2ccc(Br)cc2)s1)C1CNC1.Cl. The first-order chi connectivity index (χ1) is 10.6. The van der Waals surface area contributed by atoms with Gasteiger partial charge in [-0.2, -0.15) is 0 Å². The summed E-state index contributed by atoms with van der Waals surface area (Å²) in [5, 5.41) is 6.83. The molecule has 124 valence electrons. The summed E-state index contributed by atoms with van der Waals surface area (Å²) in [6.07, 6.45) is 2.68. The van der Waals surface area contributed by atoms with Gasteiger partial charge in [0.05, 0.1) is 0 Å². The van der Waals surface area contributed by atoms with Gasteiger partial charge in [0.1, 0.15) is 0 Å². The number of halogens is 2. The molecule has 1 aliphatic rings. The number of hydrogen-bond acceptors (Lipinski definition) is 4. The normalized spacial score (nSPS) is 15.4. The van der Waals surface area contributed by atoms with Crippen molar-refractivity contribution < 1.29 is 4.79 Å². The minimum atomic E-state index is 0. The molecule has 23 heavy (non-hydrogen) atoms. The van der Waals surface area contributed by atoms with Crippen LogP contribution >= 0.6 is 39.7 Å². The van der Waals surface area contributed by atoms with Crippen LogP contribution in [-0.4, -0.2) is 24.0 Å². The first-order valence-electron chi connectivity index (χ1n) is 7.32. The fraction of sp³-hybridized carbons (Fsp3) is 0.375. The molecule has 0 saturated carbocycles. The lowest BCUT2D eigenvalue weighted by atomic mass is 9.88. The summed E-state index contributed by atoms with van der Waals surface area (Å²) in [5.41, 5.74) is 1.23. The summed E-state index contributed by atoms with van der Waals surface area (Å²) < 4.78 is 1.08. The summed E-state index contributed by atoms with van der Waals surface area (Å²) >= 11 is 4.98. The Hall–Kier alpha value is -0.950. The van der Waals surface area contributed by atoms with E-state index in [0.29, 0.717) is 11.0 Å². The van der Waals surface area contributed by atoms with E-state index >= 15 is 0 Å². The van der Waals surface area contributed by atoms with Crippen molar-refractivity contribution in [3.8, 4) is 0 Å². The number of hydrogen-bond donors (Lipinski definition) is 2. The van der Waals surface area contributed by atoms with Crippen molar-refractivity contribution in [2.45, 2.75) is 13.3 Å². The molecule has 1 saturated heterocycles. The van der Waals surface area contributed by atoms with E-state index in [1.165, 1.54) is 5.56 Å². The summed E-state index contributed by atoms with van der Waals surface area (Å²) in [6.45, 7) is 3.85. The van der Waals surface area contributed by atoms with Gasteiger partial charge in [0, 0.05) is 27.9 Å². The molecule has 1 amide bonds. The average molecular weight is 417 g/mol. The van der Waals surface area contributed by atoms with Crippen LogP contribution in [0.25, 0.3) is 0 Å². The molecule has 2 N–H and O–H groups in total. The van der Waals surface area contributed by atoms with Crippen molar-refractivity contribution in [2.75, 3.05) is 18.4 Å². The van der Waals surface area contributed by atoms with E-state index in [9.17, 15) is 4.79 Å². The van der Waals surface area contributed by atoms with Gasteiger partial charge in [0.2, 0.25) is 5.91 Å². The molecule has 0 radical (unpaired) electrons. The van der Waals surface area contributed by atoms with Gasteiger partial charge in [-0.25, -0.2) is 4.98 Å². The van der Waals surface area contributed by atoms with Crippen LogP contribution in [0.4, 0.5) is 5.13 Å². The Morgan fingerprint density at radius 1 is 1.43 bits per heavy atom. The number of aromatic nitrogens is 1. The molecule has 3 rings (SSSR count). The fourth-order valence-electron chi connectivity index (χ4n) is 2.35. The van der Waals surface area contributed by atoms with Crippen LogP contribution in [0.3, 0.4) is 0 Å². The Balaban J connectivity index is 0.00000192. The van der Waals surface area contributed by atoms with Gasteiger partial charge in [0.15, 0.2) is 5.13 Å². The molecule has 1 aliphatic heterocycles. The number of amides is 1. The van der Waals surface area contributed by atoms with Crippen molar-refractivity contribution in [3.63, 3.8) is 0 Å². The van der Waals surface area contributed by atoms with Gasteiger partial charge < -0.3 is 10.6 Å². The summed E-state index contributed by atoms with van der Waals surface area (Å²) in [6, 6.07) is 8.25. The van der Waals surface area contributed by atoms with E-state index in [4.69, 9.17) is 0 Å². The molecule has 1 aromatic carbocycles. The zero-order chi connectivity index (χ0) is 15.5. The number of benzene rings is 1. The molecule has 7 heteroatoms. The molecule has 1 aromatic heterocycles. The van der Waals surface area contributed by atoms with Gasteiger partial charge in [-0.15, -0.1) is 23.7 Å². The predicted molar refractivity (Wildman–Crippen MR) is 100 cm³/mol. The fourth-order valence-corrected chi connectivity index (χ4v) is 3.46. The lowest BCUT2D eigenvalue weighted by Gasteiger charge is -2.31. The smallest absolute Gasteiger partial charge is 0.229 e. The summed E-state index contributed by atoms with van der Waals surface area (Å²) in [4.78, 5) is 17.6. The van der Waals surface area contributed by atoms with Gasteiger partial charge in [-0.3, -0.25) is 4.79 Å². The Bertz CT molecular complexity index is 658. The second-order valence-corrected chi connectivity index (χ2v) is 7.66. The highest BCUT2D eigenvalue weighted by Crippen LogP contribution is 2.24. The van der Waals surface area contributed by atoms with E-state index in [1.54, 1.807) is 11.3 Å². The Morgan fingerprint density at radius 2 is 2.13 bits per heavy atom. The third-order valence-corrected chi connectivity index (χ3v) is 5.45. The highest BCUT2D eigenvalue weighted by atomic mass is 79.9. The van der Waals surface area contributed by atoms with Crippen LogP contribution in [0, 0.1) is 11.8 Å². The number of nitrogens with one attached hydrogen (secondary N) is 2. The quantitative estimate of drug-likeness (QED) is 0.781. The maximum absolute atomic E-state index is 12.2. The number of thiazole rings is 1. The molecule has 2 heterocycles. The number of carbonyl (C=O) groups excluding carboxylic acids is 1. The number of carbonyl (C=O) groups is 1. The maximum atomic E-state index is 12.2. The van der Waals surface area contributed by atoms with Gasteiger partial charge in [-0.1, -0.05) is 35.0 Å². The zero-order valence-electron chi connectivity index (χ0n) is 12.7. The van der Waals surface area contributed by atoms with E-state index < -0.39 is 0 Å². The topological polar surface area (TPSA) is 54.0 Å². The van der Waals surface area contributed by atoms with Crippen molar-refractivity contribution in [3.05, 3.63) is 45.4 Å². The highest BCUT2D eigenvalue weighted by molar-refractivity contribution is 9.10. The second kappa shape index (κ2) is 8.24. The largest absolute Gasteiger partial charge is 0.316 e. The van der Waals surface area contributed by atoms with E-state index in [0.717, 1.165) is 28.9 Å². The lowest BCUT2D eigenvalue weighted by molar-refractivity contribution is -0.121. The third kappa shape index (κ3) is 4.76. The molecule has 1 unspecified atom stereocenters. The monoisotopic (exact) mass is 415 g/mol. The minimum absolute atomic E-state index is 0. The van der Waals surface area contributed by atoms with Crippen molar-refractivity contribution in [1.82, 2.24) is 10.3 Å². The van der Waals surface area contributed by atoms with Crippen molar-refractivity contribution >= 4 is 50.7 Å². The van der Waals surface area contributed by atoms with Crippen LogP contribution in [-0.2, 0) is 11.2 Å². The molecule has 2 aromatic rings. The Morgan fingerprint density at radius 3 is 2.74 bits per heavy atom. The van der Waals surface area contributed by atoms with E-state index in [1.807, 2.05) is 25.3 Å². The molecule has 1 fully saturated rings. The van der Waals surface area contributed by atoms with Gasteiger partial charge in [-0.05, 0) is 36.7 Å². The molecule has 0 spiro atoms. The molecular formula is C16H19BrClN3OS. The van der Waals surface area contributed by atoms with Crippen LogP contribution in [0.5, 0.6) is 0 Å². The number of rotatable bonds is 5. The van der Waals surface area contributed by atoms with Crippen LogP contribution in [0.15, 0.2) is 34.9 Å². The Kier molecular flexibility index (Phi) is 6.59. The zero-order valence-corrected chi connectivity index (χ0v) is 15.9. The predicted octanol–water partition coefficient (Wildman–Crippen LogP) is 3.71. The molecule has 0 bridgehead atoms. The van der Waals surface area contributed by atoms with Crippen LogP contribution < -0.4 is 10.6 Å². The average Bonchev–Trinajstić information content (AvgIpc) is 2.86. The second-order valence-electron chi connectivity index (χ2n) is 5.63. The van der Waals surface area contributed by atoms with E-state index in [-0.39, 0.29) is 24.2 Å². The highest BCUT2D eigenvalue weighted by Gasteiger charge is 2.29. The van der Waals surface area contributed by atoms with Crippen molar-refractivity contribution in [2.24, 2.45) is 11.8 Å². The summed E-state index contributed by atoms with van der Waals surface area (Å²) in [7, 11) is 0. The Labute approximate surface area is 154 Å². The molecular weight excluding hydrogens is 398 g/mol. The maximum Gasteiger partial charge on any atom is 0.229 e. The number of anilines is 1. The molecule has 4 nitrogen and oxygen atoms in total. The standard InChI is InChI=1S/C16H18BrN3OS.ClH/c1-10(12-7-18-8-12)15(21)20-16-19-9-14(22-16)6-11-2-4-13(17)5-3-11;/h2-5,9-10,12,18H,6-8H2,1H3,(H,19,20,21);1H. The van der Waals surface area contributed by atoms with E-state index in [2.05, 4.69) is 43.7 Å². The van der Waals surface area contributed by atoms with Crippen LogP contribution in [0.2, 0.25) is 0 Å². The minimum Gasteiger partial charge on any atom is -0.316 e. The molecule has 1 atom stereocenters. The van der Waals surface area contributed by atoms with Crippen LogP contribution in [0.1, 0.15) is 17.4 Å². The van der Waals surface area contributed by atoms with Gasteiger partial charge >= 0.3 is 0 Å². The number of nitrogens with zero attached hydrogens (tertiary/aromatic N) is 1. The van der Waals surface area contributed by atoms with Gasteiger partial charge in [0.25, 0.3) is 0 Å². The third-order valence-electron chi connectivity index (χ3n) is 4.01. The lowest BCUT2D eigenvalue weighted by Crippen LogP contribution is -2.48. The van der Waals surface area contributed by atoms with Crippen molar-refractivity contribution in [1.29, 1.82) is 0 Å².